The highest BCUT2D eigenvalue weighted by molar-refractivity contribution is 8.26. The van der Waals surface area contributed by atoms with Crippen LogP contribution in [0.3, 0.4) is 0 Å². The Kier molecular flexibility index (Phi) is 5.37. The Labute approximate surface area is 176 Å². The van der Waals surface area contributed by atoms with E-state index in [-0.39, 0.29) is 10.7 Å². The van der Waals surface area contributed by atoms with Gasteiger partial charge in [0, 0.05) is 18.8 Å². The molecular weight excluding hydrogens is 406 g/mol. The maximum Gasteiger partial charge on any atom is 0.327 e. The molecule has 29 heavy (non-hydrogen) atoms. The van der Waals surface area contributed by atoms with E-state index in [9.17, 15) is 14.7 Å². The van der Waals surface area contributed by atoms with Gasteiger partial charge >= 0.3 is 5.97 Å². The quantitative estimate of drug-likeness (QED) is 0.498. The summed E-state index contributed by atoms with van der Waals surface area (Å²) >= 11 is 6.45. The Morgan fingerprint density at radius 2 is 1.86 bits per heavy atom. The van der Waals surface area contributed by atoms with Crippen LogP contribution in [0, 0.1) is 0 Å². The predicted octanol–water partition coefficient (Wildman–Crippen LogP) is 3.53. The van der Waals surface area contributed by atoms with Gasteiger partial charge in [0.15, 0.2) is 0 Å². The summed E-state index contributed by atoms with van der Waals surface area (Å²) < 4.78 is 0.241. The lowest BCUT2D eigenvalue weighted by molar-refractivity contribution is -0.145. The van der Waals surface area contributed by atoms with Gasteiger partial charge in [-0.3, -0.25) is 19.7 Å². The average Bonchev–Trinajstić information content (AvgIpc) is 2.99. The fraction of sp³-hybridized carbons (Fsp3) is 0.0952. The predicted molar refractivity (Wildman–Crippen MR) is 116 cm³/mol. The van der Waals surface area contributed by atoms with Crippen LogP contribution in [0.25, 0.3) is 17.1 Å². The number of aliphatic carboxylic acids is 1. The van der Waals surface area contributed by atoms with E-state index in [1.54, 1.807) is 18.5 Å². The van der Waals surface area contributed by atoms with E-state index in [1.807, 2.05) is 48.5 Å². The van der Waals surface area contributed by atoms with E-state index >= 15 is 0 Å². The highest BCUT2D eigenvalue weighted by Crippen LogP contribution is 2.35. The molecular formula is C21H15N3O3S2. The zero-order valence-corrected chi connectivity index (χ0v) is 16.7. The van der Waals surface area contributed by atoms with Crippen molar-refractivity contribution >= 4 is 57.3 Å². The Bertz CT molecular complexity index is 1150. The molecule has 0 spiro atoms. The van der Waals surface area contributed by atoms with Crippen molar-refractivity contribution in [2.45, 2.75) is 12.5 Å². The van der Waals surface area contributed by atoms with E-state index in [2.05, 4.69) is 9.97 Å². The van der Waals surface area contributed by atoms with Gasteiger partial charge in [0.2, 0.25) is 0 Å². The highest BCUT2D eigenvalue weighted by atomic mass is 32.2. The molecule has 1 aliphatic heterocycles. The zero-order valence-electron chi connectivity index (χ0n) is 15.1. The van der Waals surface area contributed by atoms with Gasteiger partial charge in [0.1, 0.15) is 10.4 Å². The van der Waals surface area contributed by atoms with E-state index in [1.165, 1.54) is 4.90 Å². The number of nitrogens with zero attached hydrogens (tertiary/aromatic N) is 3. The number of hydrogen-bond acceptors (Lipinski definition) is 6. The lowest BCUT2D eigenvalue weighted by Crippen LogP contribution is -2.45. The molecule has 1 N–H and O–H groups in total. The Morgan fingerprint density at radius 3 is 2.59 bits per heavy atom. The van der Waals surface area contributed by atoms with Crippen LogP contribution in [0.5, 0.6) is 0 Å². The summed E-state index contributed by atoms with van der Waals surface area (Å²) in [6.07, 6.45) is 5.11. The van der Waals surface area contributed by atoms with E-state index in [4.69, 9.17) is 12.2 Å². The fourth-order valence-corrected chi connectivity index (χ4v) is 4.45. The smallest absolute Gasteiger partial charge is 0.327 e. The van der Waals surface area contributed by atoms with Crippen LogP contribution in [0.2, 0.25) is 0 Å². The van der Waals surface area contributed by atoms with Crippen LogP contribution >= 0.6 is 24.0 Å². The third kappa shape index (κ3) is 4.03. The van der Waals surface area contributed by atoms with Gasteiger partial charge in [0.05, 0.1) is 15.9 Å². The van der Waals surface area contributed by atoms with Crippen LogP contribution in [-0.2, 0) is 16.0 Å². The number of aromatic nitrogens is 2. The second-order valence-electron chi connectivity index (χ2n) is 6.40. The molecule has 1 fully saturated rings. The number of rotatable bonds is 5. The first-order valence-corrected chi connectivity index (χ1v) is 10.00. The first-order chi connectivity index (χ1) is 14.0. The molecule has 0 saturated carbocycles. The standard InChI is InChI=1S/C21H15N3O3S2/c25-19-18(12-14-6-7-15-16(10-14)23-9-8-22-15)29-21(28)24(19)17(20(26)27)11-13-4-2-1-3-5-13/h1-10,12,17H,11H2,(H,26,27)/b18-12+/t17-/m0/s1. The van der Waals surface area contributed by atoms with Gasteiger partial charge in [-0.15, -0.1) is 0 Å². The minimum absolute atomic E-state index is 0.182. The van der Waals surface area contributed by atoms with Crippen LogP contribution in [-0.4, -0.2) is 42.2 Å². The molecule has 8 heteroatoms. The van der Waals surface area contributed by atoms with Crippen LogP contribution in [0.4, 0.5) is 0 Å². The number of amides is 1. The topological polar surface area (TPSA) is 83.4 Å². The number of benzene rings is 2. The monoisotopic (exact) mass is 421 g/mol. The van der Waals surface area contributed by atoms with Crippen molar-refractivity contribution in [3.8, 4) is 0 Å². The molecule has 0 radical (unpaired) electrons. The molecule has 0 aliphatic carbocycles. The normalized spacial score (nSPS) is 16.6. The van der Waals surface area contributed by atoms with Crippen LogP contribution < -0.4 is 0 Å². The maximum atomic E-state index is 13.0. The fourth-order valence-electron chi connectivity index (χ4n) is 3.10. The number of hydrogen-bond donors (Lipinski definition) is 1. The van der Waals surface area contributed by atoms with Crippen molar-refractivity contribution in [2.75, 3.05) is 0 Å². The van der Waals surface area contributed by atoms with Gasteiger partial charge in [-0.25, -0.2) is 4.79 Å². The Hall–Kier alpha value is -3.10. The maximum absolute atomic E-state index is 13.0. The second-order valence-corrected chi connectivity index (χ2v) is 8.08. The van der Waals surface area contributed by atoms with Gasteiger partial charge < -0.3 is 5.11 Å². The van der Waals surface area contributed by atoms with Crippen LogP contribution in [0.15, 0.2) is 65.8 Å². The number of thioether (sulfide) groups is 1. The van der Waals surface area contributed by atoms with Crippen molar-refractivity contribution in [1.82, 2.24) is 14.9 Å². The number of fused-ring (bicyclic) bond motifs is 1. The summed E-state index contributed by atoms with van der Waals surface area (Å²) in [7, 11) is 0. The summed E-state index contributed by atoms with van der Waals surface area (Å²) in [5.41, 5.74) is 3.06. The molecule has 6 nitrogen and oxygen atoms in total. The minimum atomic E-state index is -1.09. The highest BCUT2D eigenvalue weighted by Gasteiger charge is 2.40. The SMILES string of the molecule is O=C(O)[C@H](Cc1ccccc1)N1C(=O)/C(=C\c2ccc3nccnc3c2)SC1=S. The number of thiocarbonyl (C=S) groups is 1. The molecule has 4 rings (SSSR count). The lowest BCUT2D eigenvalue weighted by Gasteiger charge is -2.23. The summed E-state index contributed by atoms with van der Waals surface area (Å²) in [5, 5.41) is 9.73. The molecule has 0 unspecified atom stereocenters. The molecule has 144 valence electrons. The average molecular weight is 422 g/mol. The van der Waals surface area contributed by atoms with Crippen molar-refractivity contribution in [2.24, 2.45) is 0 Å². The Balaban J connectivity index is 1.62. The molecule has 0 bridgehead atoms. The van der Waals surface area contributed by atoms with Gasteiger partial charge in [-0.05, 0) is 29.3 Å². The first-order valence-electron chi connectivity index (χ1n) is 8.77. The first kappa shape index (κ1) is 19.2. The van der Waals surface area contributed by atoms with Gasteiger partial charge in [-0.1, -0.05) is 60.4 Å². The molecule has 1 amide bonds. The lowest BCUT2D eigenvalue weighted by atomic mass is 10.0. The molecule has 1 aromatic heterocycles. The van der Waals surface area contributed by atoms with Crippen molar-refractivity contribution in [3.63, 3.8) is 0 Å². The third-order valence-electron chi connectivity index (χ3n) is 4.48. The molecule has 2 aromatic carbocycles. The van der Waals surface area contributed by atoms with Crippen LogP contribution in [0.1, 0.15) is 11.1 Å². The summed E-state index contributed by atoms with van der Waals surface area (Å²) in [4.78, 5) is 34.9. The number of carboxylic acid groups (broad SMARTS) is 1. The number of carboxylic acids is 1. The van der Waals surface area contributed by atoms with Gasteiger partial charge in [-0.2, -0.15) is 0 Å². The van der Waals surface area contributed by atoms with Crippen molar-refractivity contribution in [3.05, 3.63) is 77.0 Å². The Morgan fingerprint density at radius 1 is 1.14 bits per heavy atom. The van der Waals surface area contributed by atoms with E-state index < -0.39 is 17.9 Å². The summed E-state index contributed by atoms with van der Waals surface area (Å²) in [5.74, 6) is -1.49. The minimum Gasteiger partial charge on any atom is -0.480 e. The number of carbonyl (C=O) groups is 2. The molecule has 1 aliphatic rings. The van der Waals surface area contributed by atoms with Crippen molar-refractivity contribution < 1.29 is 14.7 Å². The third-order valence-corrected chi connectivity index (χ3v) is 5.81. The summed E-state index contributed by atoms with van der Waals surface area (Å²) in [6.45, 7) is 0. The zero-order chi connectivity index (χ0) is 20.4. The second kappa shape index (κ2) is 8.10. The largest absolute Gasteiger partial charge is 0.480 e. The van der Waals surface area contributed by atoms with Crippen molar-refractivity contribution in [1.29, 1.82) is 0 Å². The van der Waals surface area contributed by atoms with E-state index in [0.717, 1.165) is 28.4 Å². The molecule has 2 heterocycles. The summed E-state index contributed by atoms with van der Waals surface area (Å²) in [6, 6.07) is 13.6. The molecule has 1 atom stereocenters. The van der Waals surface area contributed by atoms with E-state index in [0.29, 0.717) is 10.4 Å². The molecule has 1 saturated heterocycles. The number of carbonyl (C=O) groups excluding carboxylic acids is 1. The molecule has 3 aromatic rings. The van der Waals surface area contributed by atoms with Gasteiger partial charge in [0.25, 0.3) is 5.91 Å².